The lowest BCUT2D eigenvalue weighted by atomic mass is 10.0. The molecule has 0 aliphatic carbocycles. The summed E-state index contributed by atoms with van der Waals surface area (Å²) in [6, 6.07) is 12.8. The van der Waals surface area contributed by atoms with Crippen molar-refractivity contribution in [1.82, 2.24) is 5.32 Å². The van der Waals surface area contributed by atoms with Crippen LogP contribution >= 0.6 is 0 Å². The highest BCUT2D eigenvalue weighted by Crippen LogP contribution is 2.30. The van der Waals surface area contributed by atoms with Crippen molar-refractivity contribution >= 4 is 21.6 Å². The molecule has 3 rings (SSSR count). The highest BCUT2D eigenvalue weighted by Gasteiger charge is 2.29. The Bertz CT molecular complexity index is 1150. The number of carbonyl (C=O) groups excluding carboxylic acids is 1. The smallest absolute Gasteiger partial charge is 0.264 e. The van der Waals surface area contributed by atoms with Crippen molar-refractivity contribution in [3.8, 4) is 5.75 Å². The zero-order chi connectivity index (χ0) is 27.9. The minimum absolute atomic E-state index is 0.0472. The first-order valence-corrected chi connectivity index (χ1v) is 14.4. The number of rotatable bonds is 13. The molecule has 38 heavy (non-hydrogen) atoms. The first-order valence-electron chi connectivity index (χ1n) is 13.0. The number of methoxy groups -OCH3 is 1. The molecule has 0 aromatic heterocycles. The van der Waals surface area contributed by atoms with Gasteiger partial charge in [-0.3, -0.25) is 9.10 Å². The molecule has 0 bridgehead atoms. The number of benzene rings is 2. The van der Waals surface area contributed by atoms with E-state index in [0.29, 0.717) is 30.2 Å². The van der Waals surface area contributed by atoms with Gasteiger partial charge in [-0.15, -0.1) is 0 Å². The molecule has 1 saturated heterocycles. The van der Waals surface area contributed by atoms with Gasteiger partial charge in [0.2, 0.25) is 5.91 Å². The molecule has 0 radical (unpaired) electrons. The second-order valence-corrected chi connectivity index (χ2v) is 11.9. The molecule has 4 atom stereocenters. The molecular formula is C28H40N2O7S. The SMILES string of the molecule is COc1ccc(S(=O)(=O)N(CC(C)C)c2ccccc2C[C@@H](O)[C@H](C)NC(=O)C(C)O[C@H]2CCOC2)cc1. The molecular weight excluding hydrogens is 508 g/mol. The zero-order valence-electron chi connectivity index (χ0n) is 22.8. The number of sulfonamides is 1. The average Bonchev–Trinajstić information content (AvgIpc) is 3.40. The quantitative estimate of drug-likeness (QED) is 0.395. The van der Waals surface area contributed by atoms with Gasteiger partial charge in [-0.25, -0.2) is 8.42 Å². The van der Waals surface area contributed by atoms with Crippen LogP contribution in [-0.4, -0.2) is 70.7 Å². The second kappa shape index (κ2) is 13.4. The number of nitrogens with zero attached hydrogens (tertiary/aromatic N) is 1. The van der Waals surface area contributed by atoms with Gasteiger partial charge in [0.05, 0.1) is 42.5 Å². The molecule has 10 heteroatoms. The van der Waals surface area contributed by atoms with Crippen LogP contribution in [0.2, 0.25) is 0 Å². The summed E-state index contributed by atoms with van der Waals surface area (Å²) in [5, 5.41) is 13.8. The molecule has 1 heterocycles. The molecule has 210 valence electrons. The lowest BCUT2D eigenvalue weighted by Gasteiger charge is -2.29. The summed E-state index contributed by atoms with van der Waals surface area (Å²) < 4.78 is 45.1. The molecule has 1 aliphatic rings. The number of anilines is 1. The largest absolute Gasteiger partial charge is 0.497 e. The van der Waals surface area contributed by atoms with Crippen molar-refractivity contribution in [3.05, 3.63) is 54.1 Å². The Morgan fingerprint density at radius 3 is 2.42 bits per heavy atom. The summed E-state index contributed by atoms with van der Waals surface area (Å²) in [5.74, 6) is 0.293. The van der Waals surface area contributed by atoms with Crippen molar-refractivity contribution in [1.29, 1.82) is 0 Å². The summed E-state index contributed by atoms with van der Waals surface area (Å²) in [5.41, 5.74) is 1.15. The Morgan fingerprint density at radius 2 is 1.82 bits per heavy atom. The molecule has 0 saturated carbocycles. The van der Waals surface area contributed by atoms with Crippen molar-refractivity contribution < 1.29 is 32.5 Å². The van der Waals surface area contributed by atoms with Crippen LogP contribution in [0.4, 0.5) is 5.69 Å². The summed E-state index contributed by atoms with van der Waals surface area (Å²) in [7, 11) is -2.37. The molecule has 1 aliphatic heterocycles. The maximum atomic E-state index is 13.7. The van der Waals surface area contributed by atoms with Gasteiger partial charge < -0.3 is 24.6 Å². The Hall–Kier alpha value is -2.66. The fraction of sp³-hybridized carbons (Fsp3) is 0.536. The average molecular weight is 549 g/mol. The normalized spacial score (nSPS) is 18.1. The Morgan fingerprint density at radius 1 is 1.13 bits per heavy atom. The van der Waals surface area contributed by atoms with Crippen LogP contribution < -0.4 is 14.4 Å². The third-order valence-electron chi connectivity index (χ3n) is 6.47. The van der Waals surface area contributed by atoms with E-state index in [9.17, 15) is 18.3 Å². The van der Waals surface area contributed by atoms with Gasteiger partial charge in [0.1, 0.15) is 11.9 Å². The Kier molecular flexibility index (Phi) is 10.6. The minimum Gasteiger partial charge on any atom is -0.497 e. The number of amides is 1. The number of aliphatic hydroxyl groups is 1. The standard InChI is InChI=1S/C28H40N2O7S/c1-19(2)17-30(38(33,34)25-12-10-23(35-5)11-13-25)26-9-7-6-8-22(26)16-27(31)20(3)29-28(32)21(4)37-24-14-15-36-18-24/h6-13,19-21,24,27,31H,14-18H2,1-5H3,(H,29,32)/t20-,21?,24-,27+/m0/s1. The van der Waals surface area contributed by atoms with E-state index in [1.807, 2.05) is 19.9 Å². The topological polar surface area (TPSA) is 114 Å². The second-order valence-electron chi connectivity index (χ2n) is 10.1. The monoisotopic (exact) mass is 548 g/mol. The third-order valence-corrected chi connectivity index (χ3v) is 8.26. The molecule has 1 unspecified atom stereocenters. The number of aliphatic hydroxyl groups excluding tert-OH is 1. The van der Waals surface area contributed by atoms with E-state index in [4.69, 9.17) is 14.2 Å². The lowest BCUT2D eigenvalue weighted by Crippen LogP contribution is -2.47. The molecule has 2 aromatic carbocycles. The van der Waals surface area contributed by atoms with Crippen LogP contribution in [0.1, 0.15) is 39.7 Å². The van der Waals surface area contributed by atoms with Gasteiger partial charge in [-0.1, -0.05) is 32.0 Å². The highest BCUT2D eigenvalue weighted by atomic mass is 32.2. The van der Waals surface area contributed by atoms with Crippen molar-refractivity contribution in [2.45, 2.75) is 69.8 Å². The van der Waals surface area contributed by atoms with Crippen LogP contribution in [-0.2, 0) is 30.7 Å². The maximum Gasteiger partial charge on any atom is 0.264 e. The van der Waals surface area contributed by atoms with E-state index in [1.54, 1.807) is 44.2 Å². The fourth-order valence-corrected chi connectivity index (χ4v) is 5.94. The van der Waals surface area contributed by atoms with E-state index in [-0.39, 0.29) is 35.8 Å². The minimum atomic E-state index is -3.89. The van der Waals surface area contributed by atoms with Crippen LogP contribution in [0.25, 0.3) is 0 Å². The van der Waals surface area contributed by atoms with Crippen LogP contribution in [0.5, 0.6) is 5.75 Å². The Labute approximate surface area is 226 Å². The van der Waals surface area contributed by atoms with Gasteiger partial charge in [0.25, 0.3) is 10.0 Å². The van der Waals surface area contributed by atoms with Gasteiger partial charge in [-0.05, 0) is 62.1 Å². The lowest BCUT2D eigenvalue weighted by molar-refractivity contribution is -0.136. The molecule has 1 amide bonds. The van der Waals surface area contributed by atoms with Gasteiger partial charge in [0.15, 0.2) is 0 Å². The summed E-state index contributed by atoms with van der Waals surface area (Å²) in [6.07, 6.45) is -0.844. The predicted octanol–water partition coefficient (Wildman–Crippen LogP) is 3.15. The van der Waals surface area contributed by atoms with E-state index in [2.05, 4.69) is 5.32 Å². The zero-order valence-corrected chi connectivity index (χ0v) is 23.6. The van der Waals surface area contributed by atoms with Gasteiger partial charge >= 0.3 is 0 Å². The number of hydrogen-bond acceptors (Lipinski definition) is 7. The van der Waals surface area contributed by atoms with Crippen LogP contribution in [0.15, 0.2) is 53.4 Å². The van der Waals surface area contributed by atoms with E-state index < -0.39 is 28.3 Å². The number of para-hydroxylation sites is 1. The summed E-state index contributed by atoms with van der Waals surface area (Å²) in [6.45, 7) is 8.65. The van der Waals surface area contributed by atoms with Crippen LogP contribution in [0.3, 0.4) is 0 Å². The highest BCUT2D eigenvalue weighted by molar-refractivity contribution is 7.92. The van der Waals surface area contributed by atoms with E-state index >= 15 is 0 Å². The third kappa shape index (κ3) is 7.69. The van der Waals surface area contributed by atoms with E-state index in [1.165, 1.54) is 23.5 Å². The van der Waals surface area contributed by atoms with Crippen molar-refractivity contribution in [2.75, 3.05) is 31.2 Å². The maximum absolute atomic E-state index is 13.7. The first-order chi connectivity index (χ1) is 18.0. The Balaban J connectivity index is 1.78. The molecule has 2 N–H and O–H groups in total. The summed E-state index contributed by atoms with van der Waals surface area (Å²) in [4.78, 5) is 12.8. The molecule has 2 aromatic rings. The number of ether oxygens (including phenoxy) is 3. The molecule has 1 fully saturated rings. The van der Waals surface area contributed by atoms with Gasteiger partial charge in [0, 0.05) is 19.6 Å². The first kappa shape index (κ1) is 29.9. The van der Waals surface area contributed by atoms with Crippen molar-refractivity contribution in [3.63, 3.8) is 0 Å². The molecule has 0 spiro atoms. The number of nitrogens with one attached hydrogen (secondary N) is 1. The molecule has 9 nitrogen and oxygen atoms in total. The number of carbonyl (C=O) groups is 1. The van der Waals surface area contributed by atoms with E-state index in [0.717, 1.165) is 6.42 Å². The van der Waals surface area contributed by atoms with Crippen molar-refractivity contribution in [2.24, 2.45) is 5.92 Å². The number of hydrogen-bond donors (Lipinski definition) is 2. The predicted molar refractivity (Wildman–Crippen MR) is 146 cm³/mol. The fourth-order valence-electron chi connectivity index (χ4n) is 4.27. The van der Waals surface area contributed by atoms with Gasteiger partial charge in [-0.2, -0.15) is 0 Å². The summed E-state index contributed by atoms with van der Waals surface area (Å²) >= 11 is 0. The van der Waals surface area contributed by atoms with Crippen LogP contribution in [0, 0.1) is 5.92 Å².